The molecule has 182 valence electrons. The SMILES string of the molecule is CP(C)(=O)c1ccc(Nc2ccc(C(F)(F)F)c(NCCc3ccc(S(N)(=O)=O)cc3)n2)cc1. The van der Waals surface area contributed by atoms with Crippen LogP contribution < -0.4 is 21.1 Å². The smallest absolute Gasteiger partial charge is 0.369 e. The van der Waals surface area contributed by atoms with Gasteiger partial charge in [-0.3, -0.25) is 0 Å². The van der Waals surface area contributed by atoms with Crippen molar-refractivity contribution in [2.24, 2.45) is 5.14 Å². The lowest BCUT2D eigenvalue weighted by Gasteiger charge is -2.16. The van der Waals surface area contributed by atoms with Crippen LogP contribution in [-0.4, -0.2) is 33.3 Å². The average Bonchev–Trinajstić information content (AvgIpc) is 2.72. The molecule has 0 atom stereocenters. The van der Waals surface area contributed by atoms with E-state index in [-0.39, 0.29) is 23.1 Å². The van der Waals surface area contributed by atoms with Gasteiger partial charge >= 0.3 is 6.18 Å². The van der Waals surface area contributed by atoms with Crippen molar-refractivity contribution in [3.8, 4) is 0 Å². The fourth-order valence-electron chi connectivity index (χ4n) is 3.11. The molecule has 0 aliphatic rings. The summed E-state index contributed by atoms with van der Waals surface area (Å²) in [5, 5.41) is 11.4. The molecule has 0 radical (unpaired) electrons. The van der Waals surface area contributed by atoms with Crippen LogP contribution >= 0.6 is 7.14 Å². The number of anilines is 3. The molecule has 0 amide bonds. The Morgan fingerprint density at radius 1 is 0.971 bits per heavy atom. The van der Waals surface area contributed by atoms with Crippen LogP contribution in [0.15, 0.2) is 65.6 Å². The number of hydrogen-bond donors (Lipinski definition) is 3. The number of pyridine rings is 1. The Morgan fingerprint density at radius 2 is 1.59 bits per heavy atom. The number of primary sulfonamides is 1. The zero-order valence-corrected chi connectivity index (χ0v) is 20.1. The van der Waals surface area contributed by atoms with Crippen LogP contribution in [0.25, 0.3) is 0 Å². The maximum Gasteiger partial charge on any atom is 0.419 e. The summed E-state index contributed by atoms with van der Waals surface area (Å²) >= 11 is 0. The monoisotopic (exact) mass is 512 g/mol. The van der Waals surface area contributed by atoms with Crippen LogP contribution in [0.2, 0.25) is 0 Å². The maximum atomic E-state index is 13.5. The van der Waals surface area contributed by atoms with Crippen molar-refractivity contribution in [3.63, 3.8) is 0 Å². The minimum absolute atomic E-state index is 0.0438. The van der Waals surface area contributed by atoms with Gasteiger partial charge in [-0.15, -0.1) is 0 Å². The second kappa shape index (κ2) is 9.77. The van der Waals surface area contributed by atoms with Crippen molar-refractivity contribution in [2.45, 2.75) is 17.5 Å². The van der Waals surface area contributed by atoms with Gasteiger partial charge in [0, 0.05) is 17.5 Å². The molecule has 3 rings (SSSR count). The highest BCUT2D eigenvalue weighted by Gasteiger charge is 2.34. The summed E-state index contributed by atoms with van der Waals surface area (Å²) in [6.45, 7) is 3.43. The van der Waals surface area contributed by atoms with Crippen molar-refractivity contribution in [1.82, 2.24) is 4.98 Å². The predicted octanol–water partition coefficient (Wildman–Crippen LogP) is 4.39. The van der Waals surface area contributed by atoms with Gasteiger partial charge in [-0.25, -0.2) is 18.5 Å². The molecule has 4 N–H and O–H groups in total. The van der Waals surface area contributed by atoms with Crippen molar-refractivity contribution >= 4 is 39.8 Å². The summed E-state index contributed by atoms with van der Waals surface area (Å²) in [7, 11) is -6.23. The first-order valence-electron chi connectivity index (χ1n) is 10.1. The number of benzene rings is 2. The molecule has 0 saturated carbocycles. The lowest BCUT2D eigenvalue weighted by atomic mass is 10.1. The lowest BCUT2D eigenvalue weighted by molar-refractivity contribution is -0.137. The number of halogens is 3. The van der Waals surface area contributed by atoms with Gasteiger partial charge in [0.25, 0.3) is 0 Å². The van der Waals surface area contributed by atoms with Gasteiger partial charge in [-0.1, -0.05) is 12.1 Å². The van der Waals surface area contributed by atoms with E-state index in [2.05, 4.69) is 15.6 Å². The molecule has 7 nitrogen and oxygen atoms in total. The first-order valence-corrected chi connectivity index (χ1v) is 14.2. The highest BCUT2D eigenvalue weighted by molar-refractivity contribution is 7.89. The van der Waals surface area contributed by atoms with E-state index < -0.39 is 28.9 Å². The summed E-state index contributed by atoms with van der Waals surface area (Å²) in [4.78, 5) is 4.05. The Bertz CT molecular complexity index is 1310. The van der Waals surface area contributed by atoms with Gasteiger partial charge in [-0.05, 0) is 73.8 Å². The third-order valence-electron chi connectivity index (χ3n) is 4.92. The van der Waals surface area contributed by atoms with Gasteiger partial charge in [0.1, 0.15) is 18.8 Å². The van der Waals surface area contributed by atoms with Crippen LogP contribution in [0.3, 0.4) is 0 Å². The van der Waals surface area contributed by atoms with Gasteiger partial charge < -0.3 is 15.2 Å². The Morgan fingerprint density at radius 3 is 2.12 bits per heavy atom. The standard InChI is InChI=1S/C22H24F3N4O3PS/c1-33(2,30)17-7-5-16(6-8-17)28-20-12-11-19(22(23,24)25)21(29-20)27-14-13-15-3-9-18(10-4-15)34(26,31)32/h3-12H,13-14H2,1-2H3,(H2,26,31,32)(H2,27,28,29). The zero-order valence-electron chi connectivity index (χ0n) is 18.4. The van der Waals surface area contributed by atoms with Gasteiger partial charge in [0.15, 0.2) is 0 Å². The number of nitrogens with two attached hydrogens (primary N) is 1. The largest absolute Gasteiger partial charge is 0.419 e. The van der Waals surface area contributed by atoms with Gasteiger partial charge in [0.2, 0.25) is 10.0 Å². The first-order chi connectivity index (χ1) is 15.7. The van der Waals surface area contributed by atoms with E-state index in [1.807, 2.05) is 0 Å². The molecule has 0 bridgehead atoms. The van der Waals surface area contributed by atoms with E-state index >= 15 is 0 Å². The van der Waals surface area contributed by atoms with Crippen LogP contribution in [-0.2, 0) is 27.2 Å². The molecule has 34 heavy (non-hydrogen) atoms. The number of alkyl halides is 3. The summed E-state index contributed by atoms with van der Waals surface area (Å²) < 4.78 is 75.2. The Kier molecular flexibility index (Phi) is 7.40. The lowest BCUT2D eigenvalue weighted by Crippen LogP contribution is -2.15. The molecular weight excluding hydrogens is 488 g/mol. The molecule has 0 unspecified atom stereocenters. The zero-order chi connectivity index (χ0) is 25.1. The molecular formula is C22H24F3N4O3PS. The molecule has 3 aromatic rings. The van der Waals surface area contributed by atoms with Crippen molar-refractivity contribution in [1.29, 1.82) is 0 Å². The summed E-state index contributed by atoms with van der Waals surface area (Å²) in [6.07, 6.45) is -4.27. The molecule has 1 heterocycles. The second-order valence-corrected chi connectivity index (χ2v) is 12.8. The normalized spacial score (nSPS) is 12.4. The topological polar surface area (TPSA) is 114 Å². The van der Waals surface area contributed by atoms with Crippen molar-refractivity contribution < 1.29 is 26.2 Å². The van der Waals surface area contributed by atoms with Gasteiger partial charge in [-0.2, -0.15) is 13.2 Å². The van der Waals surface area contributed by atoms with Crippen LogP contribution in [0.4, 0.5) is 30.5 Å². The van der Waals surface area contributed by atoms with E-state index in [0.717, 1.165) is 6.07 Å². The maximum absolute atomic E-state index is 13.5. The number of hydrogen-bond acceptors (Lipinski definition) is 6. The van der Waals surface area contributed by atoms with Crippen LogP contribution in [0, 0.1) is 0 Å². The molecule has 0 fully saturated rings. The number of sulfonamides is 1. The van der Waals surface area contributed by atoms with E-state index in [0.29, 0.717) is 23.0 Å². The molecule has 2 aromatic carbocycles. The number of nitrogens with one attached hydrogen (secondary N) is 2. The van der Waals surface area contributed by atoms with Crippen molar-refractivity contribution in [3.05, 3.63) is 71.8 Å². The highest BCUT2D eigenvalue weighted by Crippen LogP contribution is 2.36. The Hall–Kier alpha value is -2.88. The van der Waals surface area contributed by atoms with E-state index in [4.69, 9.17) is 5.14 Å². The number of nitrogens with zero attached hydrogens (tertiary/aromatic N) is 1. The molecule has 0 saturated heterocycles. The fraction of sp³-hybridized carbons (Fsp3) is 0.227. The molecule has 0 spiro atoms. The summed E-state index contributed by atoms with van der Waals surface area (Å²) in [5.74, 6) is -0.126. The Balaban J connectivity index is 1.75. The van der Waals surface area contributed by atoms with Crippen LogP contribution in [0.5, 0.6) is 0 Å². The molecule has 0 aliphatic heterocycles. The predicted molar refractivity (Wildman–Crippen MR) is 128 cm³/mol. The van der Waals surface area contributed by atoms with Gasteiger partial charge in [0.05, 0.1) is 10.5 Å². The molecule has 1 aromatic heterocycles. The third-order valence-corrected chi connectivity index (χ3v) is 7.39. The molecule has 12 heteroatoms. The number of aromatic nitrogens is 1. The van der Waals surface area contributed by atoms with E-state index in [1.165, 1.54) is 18.2 Å². The minimum atomic E-state index is -4.60. The highest BCUT2D eigenvalue weighted by atomic mass is 32.2. The number of rotatable bonds is 8. The summed E-state index contributed by atoms with van der Waals surface area (Å²) in [5.41, 5.74) is 0.396. The quantitative estimate of drug-likeness (QED) is 0.386. The average molecular weight is 512 g/mol. The van der Waals surface area contributed by atoms with E-state index in [1.54, 1.807) is 49.7 Å². The first kappa shape index (κ1) is 25.7. The minimum Gasteiger partial charge on any atom is -0.369 e. The summed E-state index contributed by atoms with van der Waals surface area (Å²) in [6, 6.07) is 14.7. The Labute approximate surface area is 196 Å². The molecule has 0 aliphatic carbocycles. The van der Waals surface area contributed by atoms with E-state index in [9.17, 15) is 26.2 Å². The third kappa shape index (κ3) is 6.82. The fourth-order valence-corrected chi connectivity index (χ4v) is 4.50. The second-order valence-electron chi connectivity index (χ2n) is 7.98. The van der Waals surface area contributed by atoms with Crippen LogP contribution in [0.1, 0.15) is 11.1 Å². The van der Waals surface area contributed by atoms with Crippen molar-refractivity contribution in [2.75, 3.05) is 30.5 Å².